The highest BCUT2D eigenvalue weighted by Crippen LogP contribution is 2.29. The van der Waals surface area contributed by atoms with Crippen LogP contribution in [0.4, 0.5) is 23.7 Å². The minimum Gasteiger partial charge on any atom is -0.386 e. The second kappa shape index (κ2) is 12.4. The lowest BCUT2D eigenvalue weighted by Gasteiger charge is -2.30. The third-order valence-corrected chi connectivity index (χ3v) is 6.26. The number of alkyl halides is 3. The van der Waals surface area contributed by atoms with Crippen LogP contribution in [-0.4, -0.2) is 61.4 Å². The second-order valence-corrected chi connectivity index (χ2v) is 10.1. The number of hydrogen-bond donors (Lipinski definition) is 2. The number of carbonyl (C=O) groups excluding carboxylic acids is 3. The van der Waals surface area contributed by atoms with Crippen LogP contribution in [0.1, 0.15) is 63.9 Å². The molecule has 1 aromatic carbocycles. The topological polar surface area (TPSA) is 84.5 Å². The van der Waals surface area contributed by atoms with Gasteiger partial charge in [-0.2, -0.15) is 13.2 Å². The number of carbonyl (C=O) groups is 3. The number of hydrogen-bond acceptors (Lipinski definition) is 4. The van der Waals surface area contributed by atoms with E-state index in [4.69, 9.17) is 0 Å². The lowest BCUT2D eigenvalue weighted by atomic mass is 9.94. The average molecular weight is 501 g/mol. The number of rotatable bonds is 11. The number of amides is 2. The molecule has 1 saturated heterocycles. The fourth-order valence-corrected chi connectivity index (χ4v) is 4.53. The Morgan fingerprint density at radius 3 is 2.23 bits per heavy atom. The molecule has 2 N–H and O–H groups in total. The number of nitrogens with zero attached hydrogens (tertiary/aromatic N) is 1. The SMILES string of the molecule is CCCCCCCCc1ccc(NC(=O)NC2(CC(=O)OC(=O)C(F)(F)F)CC[N+](C)(C)C2)cc1. The average Bonchev–Trinajstić information content (AvgIpc) is 3.04. The molecule has 0 saturated carbocycles. The molecule has 196 valence electrons. The summed E-state index contributed by atoms with van der Waals surface area (Å²) in [7, 11) is 3.77. The first-order valence-corrected chi connectivity index (χ1v) is 12.2. The summed E-state index contributed by atoms with van der Waals surface area (Å²) in [5.41, 5.74) is 0.606. The van der Waals surface area contributed by atoms with Gasteiger partial charge in [0.05, 0.1) is 27.1 Å². The molecule has 1 aromatic rings. The lowest BCUT2D eigenvalue weighted by Crippen LogP contribution is -2.55. The van der Waals surface area contributed by atoms with Gasteiger partial charge in [-0.1, -0.05) is 51.2 Å². The summed E-state index contributed by atoms with van der Waals surface area (Å²) in [4.78, 5) is 35.8. The van der Waals surface area contributed by atoms with Gasteiger partial charge >= 0.3 is 24.1 Å². The summed E-state index contributed by atoms with van der Waals surface area (Å²) < 4.78 is 41.7. The van der Waals surface area contributed by atoms with Crippen molar-refractivity contribution in [3.05, 3.63) is 29.8 Å². The standard InChI is InChI=1S/C25H36F3N3O4/c1-4-5-6-7-8-9-10-19-11-13-20(14-12-19)29-23(34)30-24(15-16-31(2,3)18-24)17-21(32)35-22(33)25(26,27)28/h11-14H,4-10,15-18H2,1-3H3,(H-,29,30,34)/p+1. The number of aryl methyl sites for hydroxylation is 1. The molecular weight excluding hydrogens is 463 g/mol. The number of benzene rings is 1. The maximum absolute atomic E-state index is 12.7. The van der Waals surface area contributed by atoms with Crippen LogP contribution >= 0.6 is 0 Å². The Hall–Kier alpha value is -2.62. The van der Waals surface area contributed by atoms with Gasteiger partial charge in [-0.15, -0.1) is 0 Å². The Kier molecular flexibility index (Phi) is 10.1. The normalized spacial score (nSPS) is 19.3. The van der Waals surface area contributed by atoms with Gasteiger partial charge in [0.1, 0.15) is 12.1 Å². The van der Waals surface area contributed by atoms with E-state index in [1.807, 2.05) is 26.2 Å². The van der Waals surface area contributed by atoms with E-state index < -0.39 is 36.1 Å². The van der Waals surface area contributed by atoms with Crippen molar-refractivity contribution in [2.24, 2.45) is 0 Å². The van der Waals surface area contributed by atoms with Crippen molar-refractivity contribution in [2.75, 3.05) is 32.5 Å². The Balaban J connectivity index is 1.92. The van der Waals surface area contributed by atoms with Gasteiger partial charge in [-0.25, -0.2) is 9.59 Å². The van der Waals surface area contributed by atoms with Gasteiger partial charge in [0.25, 0.3) is 0 Å². The highest BCUT2D eigenvalue weighted by Gasteiger charge is 2.49. The zero-order chi connectivity index (χ0) is 26.1. The molecule has 0 radical (unpaired) electrons. The lowest BCUT2D eigenvalue weighted by molar-refractivity contribution is -0.879. The van der Waals surface area contributed by atoms with Crippen LogP contribution in [0, 0.1) is 0 Å². The number of anilines is 1. The van der Waals surface area contributed by atoms with Crippen LogP contribution in [0.15, 0.2) is 24.3 Å². The van der Waals surface area contributed by atoms with Crippen LogP contribution in [0.5, 0.6) is 0 Å². The third-order valence-electron chi connectivity index (χ3n) is 6.26. The molecule has 0 aliphatic carbocycles. The van der Waals surface area contributed by atoms with Crippen molar-refractivity contribution in [1.82, 2.24) is 5.32 Å². The number of likely N-dealkylation sites (tertiary alicyclic amines) is 1. The zero-order valence-electron chi connectivity index (χ0n) is 20.8. The quantitative estimate of drug-likeness (QED) is 0.195. The van der Waals surface area contributed by atoms with E-state index in [0.29, 0.717) is 29.7 Å². The molecule has 1 unspecified atom stereocenters. The molecular formula is C25H37F3N3O4+. The minimum atomic E-state index is -5.26. The van der Waals surface area contributed by atoms with Gasteiger partial charge in [0, 0.05) is 12.1 Å². The van der Waals surface area contributed by atoms with E-state index in [-0.39, 0.29) is 0 Å². The smallest absolute Gasteiger partial charge is 0.386 e. The Morgan fingerprint density at radius 2 is 1.66 bits per heavy atom. The summed E-state index contributed by atoms with van der Waals surface area (Å²) in [6.07, 6.45) is 2.81. The number of urea groups is 1. The van der Waals surface area contributed by atoms with E-state index in [9.17, 15) is 27.6 Å². The number of likely N-dealkylation sites (N-methyl/N-ethyl adjacent to an activating group) is 1. The molecule has 1 aliphatic heterocycles. The number of halogens is 3. The van der Waals surface area contributed by atoms with Crippen LogP contribution in [-0.2, 0) is 20.7 Å². The predicted molar refractivity (Wildman–Crippen MR) is 127 cm³/mol. The van der Waals surface area contributed by atoms with Crippen LogP contribution in [0.3, 0.4) is 0 Å². The first-order chi connectivity index (χ1) is 16.3. The van der Waals surface area contributed by atoms with Crippen molar-refractivity contribution in [2.45, 2.75) is 76.4 Å². The highest BCUT2D eigenvalue weighted by atomic mass is 19.4. The molecule has 1 atom stereocenters. The van der Waals surface area contributed by atoms with E-state index in [0.717, 1.165) is 12.8 Å². The van der Waals surface area contributed by atoms with E-state index in [1.54, 1.807) is 12.1 Å². The maximum Gasteiger partial charge on any atom is 0.491 e. The fraction of sp³-hybridized carbons (Fsp3) is 0.640. The molecule has 0 spiro atoms. The number of ether oxygens (including phenoxy) is 1. The number of nitrogens with one attached hydrogen (secondary N) is 2. The van der Waals surface area contributed by atoms with Crippen molar-refractivity contribution in [3.8, 4) is 0 Å². The number of quaternary nitrogens is 1. The Labute approximate surface area is 205 Å². The van der Waals surface area contributed by atoms with Crippen molar-refractivity contribution in [3.63, 3.8) is 0 Å². The van der Waals surface area contributed by atoms with Gasteiger partial charge in [0.2, 0.25) is 0 Å². The second-order valence-electron chi connectivity index (χ2n) is 10.1. The maximum atomic E-state index is 12.7. The van der Waals surface area contributed by atoms with Gasteiger partial charge in [0.15, 0.2) is 0 Å². The molecule has 7 nitrogen and oxygen atoms in total. The summed E-state index contributed by atoms with van der Waals surface area (Å²) in [5, 5.41) is 5.47. The molecule has 1 aliphatic rings. The third kappa shape index (κ3) is 9.87. The number of unbranched alkanes of at least 4 members (excludes halogenated alkanes) is 5. The molecule has 0 aromatic heterocycles. The summed E-state index contributed by atoms with van der Waals surface area (Å²) >= 11 is 0. The predicted octanol–water partition coefficient (Wildman–Crippen LogP) is 4.95. The monoisotopic (exact) mass is 500 g/mol. The van der Waals surface area contributed by atoms with Crippen molar-refractivity contribution in [1.29, 1.82) is 0 Å². The summed E-state index contributed by atoms with van der Waals surface area (Å²) in [6.45, 7) is 3.08. The Bertz CT molecular complexity index is 872. The highest BCUT2D eigenvalue weighted by molar-refractivity contribution is 5.91. The van der Waals surface area contributed by atoms with Crippen molar-refractivity contribution >= 4 is 23.7 Å². The molecule has 35 heavy (non-hydrogen) atoms. The summed E-state index contributed by atoms with van der Waals surface area (Å²) in [5.74, 6) is -3.89. The first-order valence-electron chi connectivity index (χ1n) is 12.2. The van der Waals surface area contributed by atoms with E-state index >= 15 is 0 Å². The molecule has 10 heteroatoms. The first kappa shape index (κ1) is 28.6. The van der Waals surface area contributed by atoms with Crippen LogP contribution in [0.25, 0.3) is 0 Å². The molecule has 1 heterocycles. The minimum absolute atomic E-state index is 0.299. The molecule has 2 rings (SSSR count). The fourth-order valence-electron chi connectivity index (χ4n) is 4.53. The van der Waals surface area contributed by atoms with Crippen molar-refractivity contribution < 1.29 is 36.8 Å². The van der Waals surface area contributed by atoms with Gasteiger partial charge in [-0.3, -0.25) is 4.79 Å². The largest absolute Gasteiger partial charge is 0.491 e. The number of esters is 2. The summed E-state index contributed by atoms with van der Waals surface area (Å²) in [6, 6.07) is 6.92. The van der Waals surface area contributed by atoms with Gasteiger partial charge < -0.3 is 19.9 Å². The van der Waals surface area contributed by atoms with E-state index in [1.165, 1.54) is 37.7 Å². The molecule has 2 amide bonds. The van der Waals surface area contributed by atoms with Crippen LogP contribution < -0.4 is 10.6 Å². The molecule has 0 bridgehead atoms. The van der Waals surface area contributed by atoms with Crippen LogP contribution in [0.2, 0.25) is 0 Å². The van der Waals surface area contributed by atoms with Gasteiger partial charge in [-0.05, 0) is 30.5 Å². The Morgan fingerprint density at radius 1 is 1.03 bits per heavy atom. The van der Waals surface area contributed by atoms with E-state index in [2.05, 4.69) is 22.3 Å². The molecule has 1 fully saturated rings. The zero-order valence-corrected chi connectivity index (χ0v) is 20.8.